The zero-order valence-electron chi connectivity index (χ0n) is 12.9. The van der Waals surface area contributed by atoms with E-state index in [-0.39, 0.29) is 0 Å². The Morgan fingerprint density at radius 3 is 2.71 bits per heavy atom. The maximum absolute atomic E-state index is 3.62. The van der Waals surface area contributed by atoms with Crippen LogP contribution >= 0.6 is 27.3 Å². The molecule has 0 radical (unpaired) electrons. The van der Waals surface area contributed by atoms with Crippen LogP contribution in [0.2, 0.25) is 0 Å². The Bertz CT molecular complexity index is 554. The number of benzene rings is 1. The van der Waals surface area contributed by atoms with Crippen LogP contribution in [0.25, 0.3) is 0 Å². The predicted octanol–water partition coefficient (Wildman–Crippen LogP) is 5.21. The summed E-state index contributed by atoms with van der Waals surface area (Å²) in [7, 11) is 0. The standard InChI is InChI=1S/C17H23BrN2S/c1-4-19-13(3)16-9-8-14(18)11-17(16)20(5-2)12-15-7-6-10-21-15/h6-11,13,19H,4-5,12H2,1-3H3. The third kappa shape index (κ3) is 4.31. The zero-order chi connectivity index (χ0) is 15.2. The smallest absolute Gasteiger partial charge is 0.0522 e. The highest BCUT2D eigenvalue weighted by Gasteiger charge is 2.15. The van der Waals surface area contributed by atoms with E-state index in [1.54, 1.807) is 0 Å². The van der Waals surface area contributed by atoms with Crippen molar-refractivity contribution in [1.82, 2.24) is 5.32 Å². The summed E-state index contributed by atoms with van der Waals surface area (Å²) in [6.45, 7) is 9.55. The van der Waals surface area contributed by atoms with E-state index in [1.807, 2.05) is 11.3 Å². The van der Waals surface area contributed by atoms with Gasteiger partial charge in [-0.15, -0.1) is 11.3 Å². The molecule has 0 amide bonds. The zero-order valence-corrected chi connectivity index (χ0v) is 15.3. The van der Waals surface area contributed by atoms with Crippen molar-refractivity contribution >= 4 is 33.0 Å². The Balaban J connectivity index is 2.32. The van der Waals surface area contributed by atoms with Crippen LogP contribution in [0.3, 0.4) is 0 Å². The molecule has 0 fully saturated rings. The molecule has 0 bridgehead atoms. The third-order valence-electron chi connectivity index (χ3n) is 3.62. The SMILES string of the molecule is CCNC(C)c1ccc(Br)cc1N(CC)Cc1cccs1. The minimum absolute atomic E-state index is 0.357. The van der Waals surface area contributed by atoms with Gasteiger partial charge in [-0.2, -0.15) is 0 Å². The van der Waals surface area contributed by atoms with Crippen molar-refractivity contribution in [2.75, 3.05) is 18.0 Å². The molecule has 2 nitrogen and oxygen atoms in total. The lowest BCUT2D eigenvalue weighted by Crippen LogP contribution is -2.26. The number of hydrogen-bond acceptors (Lipinski definition) is 3. The molecule has 0 aliphatic carbocycles. The molecular formula is C17H23BrN2S. The van der Waals surface area contributed by atoms with E-state index in [1.165, 1.54) is 16.1 Å². The molecule has 0 saturated heterocycles. The lowest BCUT2D eigenvalue weighted by molar-refractivity contribution is 0.595. The van der Waals surface area contributed by atoms with Gasteiger partial charge in [-0.1, -0.05) is 35.0 Å². The van der Waals surface area contributed by atoms with Crippen molar-refractivity contribution in [3.8, 4) is 0 Å². The second-order valence-electron chi connectivity index (χ2n) is 5.08. The molecule has 0 saturated carbocycles. The van der Waals surface area contributed by atoms with Gasteiger partial charge in [0.2, 0.25) is 0 Å². The average Bonchev–Trinajstić information content (AvgIpc) is 2.97. The number of hydrogen-bond donors (Lipinski definition) is 1. The van der Waals surface area contributed by atoms with Crippen molar-refractivity contribution in [2.45, 2.75) is 33.4 Å². The first-order valence-corrected chi connectivity index (χ1v) is 9.13. The summed E-state index contributed by atoms with van der Waals surface area (Å²) in [5, 5.41) is 5.67. The lowest BCUT2D eigenvalue weighted by atomic mass is 10.0. The summed E-state index contributed by atoms with van der Waals surface area (Å²) in [4.78, 5) is 3.85. The molecule has 2 rings (SSSR count). The van der Waals surface area contributed by atoms with Gasteiger partial charge in [0.05, 0.1) is 6.54 Å². The molecular weight excluding hydrogens is 344 g/mol. The van der Waals surface area contributed by atoms with Crippen molar-refractivity contribution < 1.29 is 0 Å². The molecule has 4 heteroatoms. The van der Waals surface area contributed by atoms with E-state index in [9.17, 15) is 0 Å². The van der Waals surface area contributed by atoms with Crippen LogP contribution in [0.5, 0.6) is 0 Å². The largest absolute Gasteiger partial charge is 0.366 e. The van der Waals surface area contributed by atoms with Gasteiger partial charge in [-0.25, -0.2) is 0 Å². The molecule has 1 aromatic carbocycles. The Labute approximate surface area is 140 Å². The number of anilines is 1. The fraction of sp³-hybridized carbons (Fsp3) is 0.412. The van der Waals surface area contributed by atoms with E-state index in [0.717, 1.165) is 24.1 Å². The number of nitrogens with one attached hydrogen (secondary N) is 1. The van der Waals surface area contributed by atoms with Gasteiger partial charge in [0, 0.05) is 27.6 Å². The molecule has 1 heterocycles. The van der Waals surface area contributed by atoms with Crippen LogP contribution in [0.1, 0.15) is 37.3 Å². The maximum Gasteiger partial charge on any atom is 0.0522 e. The molecule has 1 aromatic heterocycles. The van der Waals surface area contributed by atoms with Crippen molar-refractivity contribution in [2.24, 2.45) is 0 Å². The number of nitrogens with zero attached hydrogens (tertiary/aromatic N) is 1. The van der Waals surface area contributed by atoms with Crippen LogP contribution in [0, 0.1) is 0 Å². The van der Waals surface area contributed by atoms with E-state index in [4.69, 9.17) is 0 Å². The molecule has 1 atom stereocenters. The number of thiophene rings is 1. The minimum Gasteiger partial charge on any atom is -0.366 e. The predicted molar refractivity (Wildman–Crippen MR) is 97.3 cm³/mol. The van der Waals surface area contributed by atoms with Gasteiger partial charge < -0.3 is 10.2 Å². The summed E-state index contributed by atoms with van der Waals surface area (Å²) in [5.74, 6) is 0. The third-order valence-corrected chi connectivity index (χ3v) is 4.97. The molecule has 0 spiro atoms. The first-order chi connectivity index (χ1) is 10.2. The molecule has 1 N–H and O–H groups in total. The van der Waals surface area contributed by atoms with Crippen LogP contribution in [-0.4, -0.2) is 13.1 Å². The summed E-state index contributed by atoms with van der Waals surface area (Å²) < 4.78 is 1.13. The van der Waals surface area contributed by atoms with E-state index < -0.39 is 0 Å². The molecule has 0 aliphatic rings. The van der Waals surface area contributed by atoms with Crippen LogP contribution in [-0.2, 0) is 6.54 Å². The van der Waals surface area contributed by atoms with Gasteiger partial charge in [0.1, 0.15) is 0 Å². The molecule has 2 aromatic rings. The second-order valence-corrected chi connectivity index (χ2v) is 7.02. The first-order valence-electron chi connectivity index (χ1n) is 7.45. The fourth-order valence-corrected chi connectivity index (χ4v) is 3.60. The maximum atomic E-state index is 3.62. The normalized spacial score (nSPS) is 12.4. The highest BCUT2D eigenvalue weighted by molar-refractivity contribution is 9.10. The lowest BCUT2D eigenvalue weighted by Gasteiger charge is -2.28. The minimum atomic E-state index is 0.357. The Hall–Kier alpha value is -0.840. The van der Waals surface area contributed by atoms with Crippen LogP contribution < -0.4 is 10.2 Å². The van der Waals surface area contributed by atoms with Crippen LogP contribution in [0.15, 0.2) is 40.2 Å². The summed E-state index contributed by atoms with van der Waals surface area (Å²) >= 11 is 5.44. The topological polar surface area (TPSA) is 15.3 Å². The van der Waals surface area contributed by atoms with Crippen molar-refractivity contribution in [3.63, 3.8) is 0 Å². The molecule has 21 heavy (non-hydrogen) atoms. The fourth-order valence-electron chi connectivity index (χ4n) is 2.53. The molecule has 114 valence electrons. The Morgan fingerprint density at radius 1 is 1.29 bits per heavy atom. The van der Waals surface area contributed by atoms with Gasteiger partial charge >= 0.3 is 0 Å². The molecule has 0 aliphatic heterocycles. The van der Waals surface area contributed by atoms with Gasteiger partial charge in [0.25, 0.3) is 0 Å². The summed E-state index contributed by atoms with van der Waals surface area (Å²) in [6.07, 6.45) is 0. The first kappa shape index (κ1) is 16.5. The van der Waals surface area contributed by atoms with Gasteiger partial charge in [-0.3, -0.25) is 0 Å². The highest BCUT2D eigenvalue weighted by atomic mass is 79.9. The summed E-state index contributed by atoms with van der Waals surface area (Å²) in [6, 6.07) is 11.3. The highest BCUT2D eigenvalue weighted by Crippen LogP contribution is 2.31. The number of rotatable bonds is 7. The quantitative estimate of drug-likeness (QED) is 0.723. The van der Waals surface area contributed by atoms with Crippen molar-refractivity contribution in [1.29, 1.82) is 0 Å². The van der Waals surface area contributed by atoms with E-state index >= 15 is 0 Å². The second kappa shape index (κ2) is 7.97. The van der Waals surface area contributed by atoms with E-state index in [0.29, 0.717) is 6.04 Å². The van der Waals surface area contributed by atoms with Gasteiger partial charge in [-0.05, 0) is 49.5 Å². The average molecular weight is 367 g/mol. The van der Waals surface area contributed by atoms with Crippen molar-refractivity contribution in [3.05, 3.63) is 50.6 Å². The van der Waals surface area contributed by atoms with Crippen LogP contribution in [0.4, 0.5) is 5.69 Å². The Kier molecular flexibility index (Phi) is 6.27. The Morgan fingerprint density at radius 2 is 2.10 bits per heavy atom. The van der Waals surface area contributed by atoms with E-state index in [2.05, 4.69) is 82.6 Å². The molecule has 1 unspecified atom stereocenters. The monoisotopic (exact) mass is 366 g/mol. The number of halogens is 1. The van der Waals surface area contributed by atoms with Gasteiger partial charge in [0.15, 0.2) is 0 Å². The summed E-state index contributed by atoms with van der Waals surface area (Å²) in [5.41, 5.74) is 2.67.